The van der Waals surface area contributed by atoms with Crippen LogP contribution in [0, 0.1) is 0 Å². The summed E-state index contributed by atoms with van der Waals surface area (Å²) >= 11 is 0. The molecule has 7 nitrogen and oxygen atoms in total. The number of anilines is 2. The number of carbonyl (C=O) groups excluding carboxylic acids is 2. The molecule has 0 unspecified atom stereocenters. The van der Waals surface area contributed by atoms with Gasteiger partial charge in [-0.05, 0) is 30.3 Å². The molecule has 0 spiro atoms. The SMILES string of the molecule is COCCOC(=O)Nc1cccc(NC(=O)c2ccc3ccccc3n2)c1. The number of methoxy groups -OCH3 is 1. The molecule has 138 valence electrons. The van der Waals surface area contributed by atoms with Crippen LogP contribution in [0.5, 0.6) is 0 Å². The van der Waals surface area contributed by atoms with Crippen molar-refractivity contribution in [3.05, 3.63) is 66.4 Å². The molecule has 7 heteroatoms. The van der Waals surface area contributed by atoms with Gasteiger partial charge in [0, 0.05) is 23.9 Å². The standard InChI is InChI=1S/C20H19N3O4/c1-26-11-12-27-20(25)22-16-7-4-6-15(13-16)21-19(24)18-10-9-14-5-2-3-8-17(14)23-18/h2-10,13H,11-12H2,1H3,(H,21,24)(H,22,25). The Morgan fingerprint density at radius 2 is 1.70 bits per heavy atom. The van der Waals surface area contributed by atoms with E-state index in [1.165, 1.54) is 7.11 Å². The number of fused-ring (bicyclic) bond motifs is 1. The minimum absolute atomic E-state index is 0.159. The van der Waals surface area contributed by atoms with E-state index in [9.17, 15) is 9.59 Å². The van der Waals surface area contributed by atoms with Crippen LogP contribution >= 0.6 is 0 Å². The van der Waals surface area contributed by atoms with Gasteiger partial charge in [0.25, 0.3) is 5.91 Å². The fourth-order valence-corrected chi connectivity index (χ4v) is 2.43. The maximum absolute atomic E-state index is 12.5. The van der Waals surface area contributed by atoms with Crippen molar-refractivity contribution in [2.75, 3.05) is 31.0 Å². The van der Waals surface area contributed by atoms with Crippen LogP contribution in [-0.4, -0.2) is 37.3 Å². The van der Waals surface area contributed by atoms with Crippen molar-refractivity contribution in [3.8, 4) is 0 Å². The molecule has 27 heavy (non-hydrogen) atoms. The van der Waals surface area contributed by atoms with E-state index < -0.39 is 6.09 Å². The lowest BCUT2D eigenvalue weighted by atomic mass is 10.2. The van der Waals surface area contributed by atoms with E-state index in [0.717, 1.165) is 10.9 Å². The van der Waals surface area contributed by atoms with Crippen LogP contribution in [0.1, 0.15) is 10.5 Å². The van der Waals surface area contributed by atoms with Gasteiger partial charge in [0.15, 0.2) is 0 Å². The van der Waals surface area contributed by atoms with Gasteiger partial charge in [-0.2, -0.15) is 0 Å². The van der Waals surface area contributed by atoms with Crippen molar-refractivity contribution in [1.29, 1.82) is 0 Å². The second kappa shape index (κ2) is 8.77. The van der Waals surface area contributed by atoms with E-state index in [4.69, 9.17) is 9.47 Å². The highest BCUT2D eigenvalue weighted by Gasteiger charge is 2.10. The normalized spacial score (nSPS) is 10.4. The molecular weight excluding hydrogens is 346 g/mol. The van der Waals surface area contributed by atoms with E-state index in [0.29, 0.717) is 23.7 Å². The van der Waals surface area contributed by atoms with Crippen molar-refractivity contribution in [2.45, 2.75) is 0 Å². The lowest BCUT2D eigenvalue weighted by Gasteiger charge is -2.09. The van der Waals surface area contributed by atoms with Gasteiger partial charge in [-0.15, -0.1) is 0 Å². The van der Waals surface area contributed by atoms with Gasteiger partial charge in [-0.25, -0.2) is 9.78 Å². The number of rotatable bonds is 6. The zero-order valence-electron chi connectivity index (χ0n) is 14.8. The highest BCUT2D eigenvalue weighted by Crippen LogP contribution is 2.17. The number of pyridine rings is 1. The molecule has 2 aromatic carbocycles. The first-order valence-corrected chi connectivity index (χ1v) is 8.35. The third-order valence-corrected chi connectivity index (χ3v) is 3.72. The number of aromatic nitrogens is 1. The van der Waals surface area contributed by atoms with Gasteiger partial charge in [0.2, 0.25) is 0 Å². The molecule has 2 N–H and O–H groups in total. The quantitative estimate of drug-likeness (QED) is 0.651. The third kappa shape index (κ3) is 5.02. The molecule has 0 saturated heterocycles. The summed E-state index contributed by atoms with van der Waals surface area (Å²) in [5, 5.41) is 6.34. The highest BCUT2D eigenvalue weighted by atomic mass is 16.6. The monoisotopic (exact) mass is 365 g/mol. The molecule has 0 saturated carbocycles. The lowest BCUT2D eigenvalue weighted by molar-refractivity contribution is 0.102. The first-order valence-electron chi connectivity index (χ1n) is 8.35. The number of benzene rings is 2. The maximum atomic E-state index is 12.5. The minimum Gasteiger partial charge on any atom is -0.447 e. The Morgan fingerprint density at radius 3 is 2.52 bits per heavy atom. The van der Waals surface area contributed by atoms with E-state index >= 15 is 0 Å². The van der Waals surface area contributed by atoms with Gasteiger partial charge in [-0.3, -0.25) is 10.1 Å². The summed E-state index contributed by atoms with van der Waals surface area (Å²) in [5.41, 5.74) is 2.09. The first-order chi connectivity index (χ1) is 13.2. The predicted octanol–water partition coefficient (Wildman–Crippen LogP) is 3.68. The van der Waals surface area contributed by atoms with Crippen molar-refractivity contribution in [3.63, 3.8) is 0 Å². The molecule has 1 aromatic heterocycles. The summed E-state index contributed by atoms with van der Waals surface area (Å²) in [7, 11) is 1.53. The molecule has 0 bridgehead atoms. The molecule has 3 rings (SSSR count). The van der Waals surface area contributed by atoms with Crippen molar-refractivity contribution < 1.29 is 19.1 Å². The topological polar surface area (TPSA) is 89.5 Å². The fraction of sp³-hybridized carbons (Fsp3) is 0.150. The smallest absolute Gasteiger partial charge is 0.411 e. The summed E-state index contributed by atoms with van der Waals surface area (Å²) in [5.74, 6) is -0.333. The van der Waals surface area contributed by atoms with Crippen LogP contribution in [-0.2, 0) is 9.47 Å². The zero-order chi connectivity index (χ0) is 19.1. The minimum atomic E-state index is -0.591. The van der Waals surface area contributed by atoms with Crippen LogP contribution < -0.4 is 10.6 Å². The summed E-state index contributed by atoms with van der Waals surface area (Å²) in [4.78, 5) is 28.5. The maximum Gasteiger partial charge on any atom is 0.411 e. The van der Waals surface area contributed by atoms with Gasteiger partial charge < -0.3 is 14.8 Å². The number of amides is 2. The summed E-state index contributed by atoms with van der Waals surface area (Å²) in [6.45, 7) is 0.481. The number of hydrogen-bond donors (Lipinski definition) is 2. The first kappa shape index (κ1) is 18.3. The van der Waals surface area contributed by atoms with Crippen molar-refractivity contribution >= 4 is 34.3 Å². The Labute approximate surface area is 156 Å². The zero-order valence-corrected chi connectivity index (χ0v) is 14.8. The Balaban J connectivity index is 1.66. The second-order valence-corrected chi connectivity index (χ2v) is 5.68. The average molecular weight is 365 g/mol. The number of ether oxygens (including phenoxy) is 2. The summed E-state index contributed by atoms with van der Waals surface area (Å²) < 4.78 is 9.76. The van der Waals surface area contributed by atoms with Crippen LogP contribution in [0.4, 0.5) is 16.2 Å². The van der Waals surface area contributed by atoms with Gasteiger partial charge in [0.1, 0.15) is 12.3 Å². The number of hydrogen-bond acceptors (Lipinski definition) is 5. The largest absolute Gasteiger partial charge is 0.447 e. The van der Waals surface area contributed by atoms with Crippen LogP contribution in [0.2, 0.25) is 0 Å². The average Bonchev–Trinajstić information content (AvgIpc) is 2.68. The number of para-hydroxylation sites is 1. The Kier molecular flexibility index (Phi) is 5.96. The van der Waals surface area contributed by atoms with E-state index in [-0.39, 0.29) is 12.5 Å². The molecular formula is C20H19N3O4. The molecule has 0 aliphatic heterocycles. The van der Waals surface area contributed by atoms with Crippen LogP contribution in [0.15, 0.2) is 60.7 Å². The van der Waals surface area contributed by atoms with Crippen LogP contribution in [0.25, 0.3) is 10.9 Å². The van der Waals surface area contributed by atoms with E-state index in [1.54, 1.807) is 30.3 Å². The van der Waals surface area contributed by atoms with Gasteiger partial charge in [-0.1, -0.05) is 30.3 Å². The molecule has 1 heterocycles. The molecule has 3 aromatic rings. The van der Waals surface area contributed by atoms with E-state index in [2.05, 4.69) is 15.6 Å². The van der Waals surface area contributed by atoms with Gasteiger partial charge >= 0.3 is 6.09 Å². The number of carbonyl (C=O) groups is 2. The van der Waals surface area contributed by atoms with E-state index in [1.807, 2.05) is 30.3 Å². The second-order valence-electron chi connectivity index (χ2n) is 5.68. The number of nitrogens with one attached hydrogen (secondary N) is 2. The molecule has 2 amide bonds. The lowest BCUT2D eigenvalue weighted by Crippen LogP contribution is -2.17. The Hall–Kier alpha value is -3.45. The summed E-state index contributed by atoms with van der Waals surface area (Å²) in [6.07, 6.45) is -0.591. The fourth-order valence-electron chi connectivity index (χ4n) is 2.43. The molecule has 0 radical (unpaired) electrons. The molecule has 0 aliphatic rings. The van der Waals surface area contributed by atoms with Crippen molar-refractivity contribution in [1.82, 2.24) is 4.98 Å². The molecule has 0 atom stereocenters. The number of nitrogens with zero attached hydrogens (tertiary/aromatic N) is 1. The predicted molar refractivity (Wildman–Crippen MR) is 103 cm³/mol. The van der Waals surface area contributed by atoms with Gasteiger partial charge in [0.05, 0.1) is 12.1 Å². The molecule has 0 fully saturated rings. The Bertz CT molecular complexity index is 959. The third-order valence-electron chi connectivity index (χ3n) is 3.72. The molecule has 0 aliphatic carbocycles. The Morgan fingerprint density at radius 1 is 0.926 bits per heavy atom. The van der Waals surface area contributed by atoms with Crippen LogP contribution in [0.3, 0.4) is 0 Å². The van der Waals surface area contributed by atoms with Crippen molar-refractivity contribution in [2.24, 2.45) is 0 Å². The summed E-state index contributed by atoms with van der Waals surface area (Å²) in [6, 6.07) is 17.9. The highest BCUT2D eigenvalue weighted by molar-refractivity contribution is 6.04.